The monoisotopic (exact) mass is 237 g/mol. The second-order valence-corrected chi connectivity index (χ2v) is 4.53. The Morgan fingerprint density at radius 1 is 1.47 bits per heavy atom. The molecule has 0 unspecified atom stereocenters. The molecule has 1 fully saturated rings. The Morgan fingerprint density at radius 3 is 2.82 bits per heavy atom. The van der Waals surface area contributed by atoms with E-state index in [0.717, 1.165) is 25.7 Å². The average molecular weight is 237 g/mol. The molecule has 94 valence electrons. The SMILES string of the molecule is CCN(CCNc1ccc(N)cc1F)C1CC1. The third-order valence-corrected chi connectivity index (χ3v) is 3.18. The third-order valence-electron chi connectivity index (χ3n) is 3.18. The summed E-state index contributed by atoms with van der Waals surface area (Å²) in [4.78, 5) is 2.43. The van der Waals surface area contributed by atoms with Gasteiger partial charge in [-0.15, -0.1) is 0 Å². The van der Waals surface area contributed by atoms with Gasteiger partial charge in [-0.25, -0.2) is 4.39 Å². The van der Waals surface area contributed by atoms with Gasteiger partial charge in [-0.2, -0.15) is 0 Å². The number of nitrogens with two attached hydrogens (primary N) is 1. The van der Waals surface area contributed by atoms with E-state index in [1.54, 1.807) is 12.1 Å². The van der Waals surface area contributed by atoms with E-state index in [4.69, 9.17) is 5.73 Å². The van der Waals surface area contributed by atoms with Gasteiger partial charge in [0.05, 0.1) is 5.69 Å². The van der Waals surface area contributed by atoms with Crippen LogP contribution in [0.3, 0.4) is 0 Å². The van der Waals surface area contributed by atoms with Crippen LogP contribution in [0.15, 0.2) is 18.2 Å². The number of likely N-dealkylation sites (N-methyl/N-ethyl adjacent to an activating group) is 1. The quantitative estimate of drug-likeness (QED) is 0.746. The zero-order valence-corrected chi connectivity index (χ0v) is 10.2. The van der Waals surface area contributed by atoms with Gasteiger partial charge in [0.2, 0.25) is 0 Å². The first-order chi connectivity index (χ1) is 8.20. The Hall–Kier alpha value is -1.29. The molecule has 3 nitrogen and oxygen atoms in total. The lowest BCUT2D eigenvalue weighted by Gasteiger charge is -2.20. The van der Waals surface area contributed by atoms with E-state index in [2.05, 4.69) is 17.1 Å². The molecule has 0 bridgehead atoms. The number of rotatable bonds is 6. The molecular weight excluding hydrogens is 217 g/mol. The van der Waals surface area contributed by atoms with E-state index >= 15 is 0 Å². The molecule has 0 atom stereocenters. The first-order valence-electron chi connectivity index (χ1n) is 6.23. The molecule has 0 aliphatic heterocycles. The van der Waals surface area contributed by atoms with Crippen LogP contribution in [0.2, 0.25) is 0 Å². The lowest BCUT2D eigenvalue weighted by Crippen LogP contribution is -2.31. The fourth-order valence-corrected chi connectivity index (χ4v) is 2.05. The molecule has 1 aromatic rings. The van der Waals surface area contributed by atoms with Crippen LogP contribution in [-0.2, 0) is 0 Å². The van der Waals surface area contributed by atoms with Crippen LogP contribution in [0.4, 0.5) is 15.8 Å². The molecule has 0 radical (unpaired) electrons. The van der Waals surface area contributed by atoms with Gasteiger partial charge in [0.15, 0.2) is 0 Å². The molecule has 3 N–H and O–H groups in total. The topological polar surface area (TPSA) is 41.3 Å². The maximum Gasteiger partial charge on any atom is 0.148 e. The molecule has 0 spiro atoms. The van der Waals surface area contributed by atoms with Crippen LogP contribution in [0.25, 0.3) is 0 Å². The minimum absolute atomic E-state index is 0.278. The normalized spacial score (nSPS) is 15.2. The van der Waals surface area contributed by atoms with E-state index < -0.39 is 0 Å². The van der Waals surface area contributed by atoms with Crippen molar-refractivity contribution in [1.29, 1.82) is 0 Å². The molecular formula is C13H20FN3. The Kier molecular flexibility index (Phi) is 3.84. The van der Waals surface area contributed by atoms with E-state index in [-0.39, 0.29) is 5.82 Å². The van der Waals surface area contributed by atoms with Gasteiger partial charge < -0.3 is 11.1 Å². The fraction of sp³-hybridized carbons (Fsp3) is 0.538. The highest BCUT2D eigenvalue weighted by Gasteiger charge is 2.27. The van der Waals surface area contributed by atoms with Gasteiger partial charge in [-0.3, -0.25) is 4.90 Å². The van der Waals surface area contributed by atoms with E-state index in [9.17, 15) is 4.39 Å². The number of hydrogen-bond acceptors (Lipinski definition) is 3. The zero-order chi connectivity index (χ0) is 12.3. The summed E-state index contributed by atoms with van der Waals surface area (Å²) in [5, 5.41) is 3.12. The minimum atomic E-state index is -0.278. The molecule has 1 aliphatic rings. The maximum atomic E-state index is 13.5. The molecule has 0 saturated heterocycles. The average Bonchev–Trinajstić information content (AvgIpc) is 3.11. The number of halogens is 1. The highest BCUT2D eigenvalue weighted by molar-refractivity contribution is 5.52. The molecule has 0 amide bonds. The van der Waals surface area contributed by atoms with Gasteiger partial charge in [0, 0.05) is 24.8 Å². The van der Waals surface area contributed by atoms with Crippen LogP contribution in [0.1, 0.15) is 19.8 Å². The first kappa shape index (κ1) is 12.2. The summed E-state index contributed by atoms with van der Waals surface area (Å²) in [7, 11) is 0. The summed E-state index contributed by atoms with van der Waals surface area (Å²) >= 11 is 0. The molecule has 0 aromatic heterocycles. The zero-order valence-electron chi connectivity index (χ0n) is 10.2. The van der Waals surface area contributed by atoms with Crippen LogP contribution in [0, 0.1) is 5.82 Å². The van der Waals surface area contributed by atoms with Crippen molar-refractivity contribution in [3.05, 3.63) is 24.0 Å². The van der Waals surface area contributed by atoms with Crippen molar-refractivity contribution in [2.45, 2.75) is 25.8 Å². The molecule has 2 rings (SSSR count). The number of anilines is 2. The van der Waals surface area contributed by atoms with Crippen molar-refractivity contribution in [1.82, 2.24) is 4.90 Å². The second kappa shape index (κ2) is 5.36. The van der Waals surface area contributed by atoms with Crippen molar-refractivity contribution in [2.24, 2.45) is 0 Å². The predicted molar refractivity (Wildman–Crippen MR) is 69.6 cm³/mol. The predicted octanol–water partition coefficient (Wildman–Crippen LogP) is 2.30. The maximum absolute atomic E-state index is 13.5. The molecule has 4 heteroatoms. The van der Waals surface area contributed by atoms with Crippen molar-refractivity contribution in [3.63, 3.8) is 0 Å². The number of nitrogen functional groups attached to an aromatic ring is 1. The molecule has 17 heavy (non-hydrogen) atoms. The largest absolute Gasteiger partial charge is 0.399 e. The molecule has 0 heterocycles. The van der Waals surface area contributed by atoms with E-state index in [0.29, 0.717) is 11.4 Å². The van der Waals surface area contributed by atoms with E-state index in [1.165, 1.54) is 18.9 Å². The van der Waals surface area contributed by atoms with Crippen molar-refractivity contribution >= 4 is 11.4 Å². The summed E-state index contributed by atoms with van der Waals surface area (Å²) in [6.07, 6.45) is 2.62. The van der Waals surface area contributed by atoms with Gasteiger partial charge in [0.1, 0.15) is 5.82 Å². The minimum Gasteiger partial charge on any atom is -0.399 e. The van der Waals surface area contributed by atoms with Crippen LogP contribution >= 0.6 is 0 Å². The Balaban J connectivity index is 1.80. The van der Waals surface area contributed by atoms with Gasteiger partial charge >= 0.3 is 0 Å². The Morgan fingerprint density at radius 2 is 2.24 bits per heavy atom. The summed E-state index contributed by atoms with van der Waals surface area (Å²) < 4.78 is 13.5. The standard InChI is InChI=1S/C13H20FN3/c1-2-17(11-4-5-11)8-7-16-13-6-3-10(15)9-12(13)14/h3,6,9,11,16H,2,4-5,7-8,15H2,1H3. The first-order valence-corrected chi connectivity index (χ1v) is 6.23. The summed E-state index contributed by atoms with van der Waals surface area (Å²) in [5.41, 5.74) is 6.49. The summed E-state index contributed by atoms with van der Waals surface area (Å²) in [5.74, 6) is -0.278. The smallest absolute Gasteiger partial charge is 0.148 e. The number of nitrogens with one attached hydrogen (secondary N) is 1. The third kappa shape index (κ3) is 3.33. The molecule has 1 aliphatic carbocycles. The number of hydrogen-bond donors (Lipinski definition) is 2. The molecule has 1 aromatic carbocycles. The fourth-order valence-electron chi connectivity index (χ4n) is 2.05. The lowest BCUT2D eigenvalue weighted by molar-refractivity contribution is 0.289. The summed E-state index contributed by atoms with van der Waals surface area (Å²) in [6, 6.07) is 5.51. The van der Waals surface area contributed by atoms with Crippen LogP contribution in [-0.4, -0.2) is 30.6 Å². The van der Waals surface area contributed by atoms with Crippen LogP contribution in [0.5, 0.6) is 0 Å². The van der Waals surface area contributed by atoms with Gasteiger partial charge in [-0.05, 0) is 37.6 Å². The van der Waals surface area contributed by atoms with Crippen molar-refractivity contribution in [2.75, 3.05) is 30.7 Å². The Labute approximate surface area is 102 Å². The lowest BCUT2D eigenvalue weighted by atomic mass is 10.2. The highest BCUT2D eigenvalue weighted by Crippen LogP contribution is 2.26. The van der Waals surface area contributed by atoms with Gasteiger partial charge in [0.25, 0.3) is 0 Å². The van der Waals surface area contributed by atoms with Crippen LogP contribution < -0.4 is 11.1 Å². The van der Waals surface area contributed by atoms with E-state index in [1.807, 2.05) is 0 Å². The van der Waals surface area contributed by atoms with Gasteiger partial charge in [-0.1, -0.05) is 6.92 Å². The highest BCUT2D eigenvalue weighted by atomic mass is 19.1. The van der Waals surface area contributed by atoms with Crippen molar-refractivity contribution < 1.29 is 4.39 Å². The summed E-state index contributed by atoms with van der Waals surface area (Å²) in [6.45, 7) is 4.97. The second-order valence-electron chi connectivity index (χ2n) is 4.53. The number of nitrogens with zero attached hydrogens (tertiary/aromatic N) is 1. The molecule has 1 saturated carbocycles. The number of benzene rings is 1. The Bertz CT molecular complexity index is 377. The van der Waals surface area contributed by atoms with Crippen molar-refractivity contribution in [3.8, 4) is 0 Å².